The van der Waals surface area contributed by atoms with Gasteiger partial charge in [0.2, 0.25) is 0 Å². The molecule has 0 bridgehead atoms. The van der Waals surface area contributed by atoms with Crippen LogP contribution in [0.25, 0.3) is 125 Å². The van der Waals surface area contributed by atoms with Crippen molar-refractivity contribution in [3.05, 3.63) is 130 Å². The van der Waals surface area contributed by atoms with Gasteiger partial charge < -0.3 is 0 Å². The van der Waals surface area contributed by atoms with Gasteiger partial charge in [0.1, 0.15) is 49.8 Å². The summed E-state index contributed by atoms with van der Waals surface area (Å²) in [7, 11) is -4.59. The van der Waals surface area contributed by atoms with Crippen molar-refractivity contribution in [1.82, 2.24) is 17.5 Å². The van der Waals surface area contributed by atoms with Gasteiger partial charge in [0, 0.05) is 91.2 Å². The van der Waals surface area contributed by atoms with Gasteiger partial charge in [0.25, 0.3) is 0 Å². The van der Waals surface area contributed by atoms with Crippen molar-refractivity contribution < 1.29 is 8.78 Å². The van der Waals surface area contributed by atoms with E-state index < -0.39 is 16.1 Å². The second-order valence-corrected chi connectivity index (χ2v) is 45.4. The van der Waals surface area contributed by atoms with Gasteiger partial charge in [-0.15, -0.1) is 79.1 Å². The number of aryl methyl sites for hydroxylation is 2. The topological polar surface area (TPSA) is 51.6 Å². The highest BCUT2D eigenvalue weighted by atomic mass is 32.1. The first-order valence-electron chi connectivity index (χ1n) is 31.9. The molecule has 13 aromatic rings. The van der Waals surface area contributed by atoms with E-state index in [1.165, 1.54) is 50.1 Å². The SMILES string of the molecule is CCCCCCc1ccc(-c2ccc(-c3cc(F)c(-c4cc5cc6c(C#C[Si](C(C)C)(C(C)C)C(C)C)c7cc8cc(-c9c(F)cc(-c%10ccc(-c%11ccc(C)s%11)s%10)c%10nsnc9%10)sc8cc7c(C#C[Si](C(C)C)(C(C)C)C(C)C)c6cc5s4)c4nsnc34)s2)s1. The number of rotatable bonds is 17. The molecule has 0 saturated heterocycles. The van der Waals surface area contributed by atoms with Crippen molar-refractivity contribution in [3.8, 4) is 84.2 Å². The fourth-order valence-corrected chi connectivity index (χ4v) is 32.8. The number of nitrogens with zero attached hydrogens (tertiary/aromatic N) is 4. The highest BCUT2D eigenvalue weighted by Gasteiger charge is 2.43. The van der Waals surface area contributed by atoms with Gasteiger partial charge in [-0.1, -0.05) is 121 Å². The van der Waals surface area contributed by atoms with Crippen molar-refractivity contribution in [1.29, 1.82) is 0 Å². The number of hydrogen-bond donors (Lipinski definition) is 0. The summed E-state index contributed by atoms with van der Waals surface area (Å²) in [5.41, 5.74) is 17.8. The van der Waals surface area contributed by atoms with Crippen LogP contribution >= 0.6 is 91.5 Å². The molecular weight excluding hydrogens is 1310 g/mol. The van der Waals surface area contributed by atoms with Gasteiger partial charge in [-0.05, 0) is 172 Å². The van der Waals surface area contributed by atoms with Crippen LogP contribution in [-0.2, 0) is 6.42 Å². The number of benzene rings is 5. The van der Waals surface area contributed by atoms with Gasteiger partial charge in [0.05, 0.1) is 34.6 Å². The first-order valence-corrected chi connectivity index (χ1v) is 42.8. The zero-order valence-corrected chi connectivity index (χ0v) is 62.6. The number of fused-ring (bicyclic) bond motifs is 6. The Morgan fingerprint density at radius 1 is 0.407 bits per heavy atom. The van der Waals surface area contributed by atoms with E-state index in [-0.39, 0.29) is 11.6 Å². The summed E-state index contributed by atoms with van der Waals surface area (Å²) >= 11 is 12.4. The monoisotopic (exact) mass is 1380 g/mol. The summed E-state index contributed by atoms with van der Waals surface area (Å²) in [4.78, 5) is 11.0. The number of hydrogen-bond acceptors (Lipinski definition) is 12. The Morgan fingerprint density at radius 2 is 0.802 bits per heavy atom. The third-order valence-corrected chi connectivity index (χ3v) is 40.0. The van der Waals surface area contributed by atoms with E-state index in [9.17, 15) is 0 Å². The van der Waals surface area contributed by atoms with Crippen LogP contribution in [0.5, 0.6) is 0 Å². The molecule has 0 unspecified atom stereocenters. The fourth-order valence-electron chi connectivity index (χ4n) is 14.8. The molecule has 5 aromatic carbocycles. The molecule has 13 rings (SSSR count). The summed E-state index contributed by atoms with van der Waals surface area (Å²) < 4.78 is 56.2. The lowest BCUT2D eigenvalue weighted by Crippen LogP contribution is -2.43. The Morgan fingerprint density at radius 3 is 1.23 bits per heavy atom. The predicted molar refractivity (Wildman–Crippen MR) is 407 cm³/mol. The van der Waals surface area contributed by atoms with E-state index in [4.69, 9.17) is 17.5 Å². The second-order valence-electron chi connectivity index (χ2n) is 26.4. The van der Waals surface area contributed by atoms with Gasteiger partial charge in [-0.3, -0.25) is 0 Å². The van der Waals surface area contributed by atoms with Crippen molar-refractivity contribution >= 4 is 171 Å². The molecule has 0 aliphatic carbocycles. The Bertz CT molecular complexity index is 4880. The van der Waals surface area contributed by atoms with E-state index in [2.05, 4.69) is 205 Å². The Labute approximate surface area is 568 Å². The minimum absolute atomic E-state index is 0.312. The van der Waals surface area contributed by atoms with Gasteiger partial charge in [-0.25, -0.2) is 8.78 Å². The van der Waals surface area contributed by atoms with Crippen LogP contribution < -0.4 is 0 Å². The quantitative estimate of drug-likeness (QED) is 0.0395. The van der Waals surface area contributed by atoms with Gasteiger partial charge >= 0.3 is 0 Å². The molecule has 0 aliphatic rings. The summed E-state index contributed by atoms with van der Waals surface area (Å²) in [6.07, 6.45) is 6.09. The Hall–Kier alpha value is -5.61. The molecule has 464 valence electrons. The highest BCUT2D eigenvalue weighted by molar-refractivity contribution is 7.25. The third-order valence-electron chi connectivity index (χ3n) is 19.3. The molecule has 16 heteroatoms. The molecule has 0 N–H and O–H groups in total. The van der Waals surface area contributed by atoms with E-state index in [0.717, 1.165) is 124 Å². The number of halogens is 2. The van der Waals surface area contributed by atoms with Crippen molar-refractivity contribution in [2.75, 3.05) is 0 Å². The zero-order valence-electron chi connectivity index (χ0n) is 54.0. The number of unbranched alkanes of at least 4 members (excludes halogenated alkanes) is 3. The number of aromatic nitrogens is 4. The average Bonchev–Trinajstić information content (AvgIpc) is 0.950. The average molecular weight is 1380 g/mol. The molecule has 0 amide bonds. The lowest BCUT2D eigenvalue weighted by molar-refractivity contribution is 0.633. The molecule has 8 aromatic heterocycles. The number of thiophene rings is 6. The van der Waals surface area contributed by atoms with Crippen LogP contribution in [-0.4, -0.2) is 33.6 Å². The van der Waals surface area contributed by atoms with Crippen LogP contribution in [0, 0.1) is 41.5 Å². The molecule has 0 spiro atoms. The maximum atomic E-state index is 17.4. The van der Waals surface area contributed by atoms with Crippen LogP contribution in [0.15, 0.2) is 97.1 Å². The summed E-state index contributed by atoms with van der Waals surface area (Å²) in [6, 6.07) is 34.2. The smallest absolute Gasteiger partial charge is 0.146 e. The predicted octanol–water partition coefficient (Wildman–Crippen LogP) is 26.5. The van der Waals surface area contributed by atoms with Gasteiger partial charge in [-0.2, -0.15) is 17.5 Å². The first-order chi connectivity index (χ1) is 43.7. The Balaban J connectivity index is 1.01. The molecule has 0 atom stereocenters. The second kappa shape index (κ2) is 25.6. The van der Waals surface area contributed by atoms with Crippen molar-refractivity contribution in [2.24, 2.45) is 0 Å². The molecule has 91 heavy (non-hydrogen) atoms. The van der Waals surface area contributed by atoms with Crippen molar-refractivity contribution in [3.63, 3.8) is 0 Å². The summed E-state index contributed by atoms with van der Waals surface area (Å²) in [5, 5.41) is 6.14. The minimum Gasteiger partial charge on any atom is -0.206 e. The molecule has 0 aliphatic heterocycles. The molecule has 0 saturated carbocycles. The zero-order chi connectivity index (χ0) is 63.9. The van der Waals surface area contributed by atoms with E-state index >= 15 is 8.78 Å². The van der Waals surface area contributed by atoms with Crippen molar-refractivity contribution in [2.45, 2.75) is 162 Å². The van der Waals surface area contributed by atoms with Crippen LogP contribution in [0.3, 0.4) is 0 Å². The fraction of sp³-hybridized carbons (Fsp3) is 0.333. The maximum Gasteiger partial charge on any atom is 0.146 e. The third kappa shape index (κ3) is 11.4. The van der Waals surface area contributed by atoms with Crippen LogP contribution in [0.2, 0.25) is 33.2 Å². The molecule has 0 fully saturated rings. The van der Waals surface area contributed by atoms with Gasteiger partial charge in [0.15, 0.2) is 0 Å². The lowest BCUT2D eigenvalue weighted by Gasteiger charge is -2.38. The molecule has 8 heterocycles. The summed E-state index contributed by atoms with van der Waals surface area (Å²) in [5.74, 6) is 7.47. The molecular formula is C75H74F2N4S8Si2. The van der Waals surface area contributed by atoms with Crippen LogP contribution in [0.4, 0.5) is 8.78 Å². The lowest BCUT2D eigenvalue weighted by atomic mass is 9.91. The summed E-state index contributed by atoms with van der Waals surface area (Å²) in [6.45, 7) is 32.8. The van der Waals surface area contributed by atoms with E-state index in [1.54, 1.807) is 68.8 Å². The highest BCUT2D eigenvalue weighted by Crippen LogP contribution is 2.51. The normalized spacial score (nSPS) is 12.6. The molecule has 4 nitrogen and oxygen atoms in total. The minimum atomic E-state index is -2.30. The standard InChI is InChI=1S/C75H74F2N4S8Si2/c1-15-16-17-18-19-49-21-23-63(83-49)65-27-25-61(85-65)57-37-59(77)71(75-73(57)79-89-81-75)69-35-48-33-53-50(28-30-90(40(2)3,41(4)5)42(6)7)52-32-47-34-68(70-58(76)36-56(72-74(70)80-88-78-72)60-24-26-64(84-60)62-22-20-46(14)82-62)86-66(47)38-54(52)51(55(53)39-67(48)87-69)29-31-91(43(8)9,44(10)11)45(12)13/h20-27,32-45H,15-19H2,1-14H3. The van der Waals surface area contributed by atoms with E-state index in [0.29, 0.717) is 60.9 Å². The Kier molecular flexibility index (Phi) is 18.0. The van der Waals surface area contributed by atoms with Crippen LogP contribution in [0.1, 0.15) is 137 Å². The largest absolute Gasteiger partial charge is 0.206 e. The van der Waals surface area contributed by atoms with E-state index in [1.807, 2.05) is 11.3 Å². The maximum absolute atomic E-state index is 17.4. The first kappa shape index (κ1) is 64.1. The molecule has 0 radical (unpaired) electrons.